The number of aryl methyl sites for hydroxylation is 1. The summed E-state index contributed by atoms with van der Waals surface area (Å²) < 4.78 is 0. The standard InChI is InChI=1S/C14H21Cl/c1-14(2,3)13-9-7-12(8-10-13)6-4-5-11-15/h7-10H,4-6,11H2,1-3H3. The molecule has 0 saturated heterocycles. The van der Waals surface area contributed by atoms with E-state index in [-0.39, 0.29) is 5.41 Å². The molecule has 0 radical (unpaired) electrons. The molecule has 1 aromatic carbocycles. The van der Waals surface area contributed by atoms with Gasteiger partial charge in [-0.15, -0.1) is 11.6 Å². The molecule has 0 N–H and O–H groups in total. The minimum atomic E-state index is 0.259. The molecule has 1 rings (SSSR count). The van der Waals surface area contributed by atoms with Gasteiger partial charge in [-0.3, -0.25) is 0 Å². The third-order valence-electron chi connectivity index (χ3n) is 2.67. The maximum absolute atomic E-state index is 5.65. The van der Waals surface area contributed by atoms with Crippen LogP contribution >= 0.6 is 11.6 Å². The van der Waals surface area contributed by atoms with Crippen LogP contribution in [0.1, 0.15) is 44.7 Å². The molecule has 0 aliphatic carbocycles. The summed E-state index contributed by atoms with van der Waals surface area (Å²) in [5.74, 6) is 0.778. The van der Waals surface area contributed by atoms with Gasteiger partial charge in [-0.2, -0.15) is 0 Å². The van der Waals surface area contributed by atoms with Crippen molar-refractivity contribution in [3.63, 3.8) is 0 Å². The summed E-state index contributed by atoms with van der Waals surface area (Å²) in [7, 11) is 0. The van der Waals surface area contributed by atoms with Gasteiger partial charge in [0.05, 0.1) is 0 Å². The Hall–Kier alpha value is -0.490. The first kappa shape index (κ1) is 12.6. The van der Waals surface area contributed by atoms with E-state index in [1.165, 1.54) is 17.5 Å². The molecule has 0 amide bonds. The highest BCUT2D eigenvalue weighted by molar-refractivity contribution is 6.17. The van der Waals surface area contributed by atoms with Crippen molar-refractivity contribution in [2.45, 2.75) is 45.4 Å². The Bertz CT molecular complexity index is 279. The molecule has 0 unspecified atom stereocenters. The lowest BCUT2D eigenvalue weighted by molar-refractivity contribution is 0.590. The highest BCUT2D eigenvalue weighted by Crippen LogP contribution is 2.22. The van der Waals surface area contributed by atoms with Crippen molar-refractivity contribution in [2.24, 2.45) is 0 Å². The van der Waals surface area contributed by atoms with Gasteiger partial charge in [0.1, 0.15) is 0 Å². The number of hydrogen-bond donors (Lipinski definition) is 0. The zero-order chi connectivity index (χ0) is 11.3. The zero-order valence-corrected chi connectivity index (χ0v) is 10.8. The Labute approximate surface area is 98.7 Å². The quantitative estimate of drug-likeness (QED) is 0.520. The van der Waals surface area contributed by atoms with Gasteiger partial charge >= 0.3 is 0 Å². The molecule has 84 valence electrons. The molecule has 0 atom stereocenters. The summed E-state index contributed by atoms with van der Waals surface area (Å²) in [6.07, 6.45) is 3.46. The van der Waals surface area contributed by atoms with Crippen molar-refractivity contribution in [1.29, 1.82) is 0 Å². The van der Waals surface area contributed by atoms with E-state index in [1.54, 1.807) is 0 Å². The normalized spacial score (nSPS) is 11.7. The molecule has 1 aromatic rings. The molecule has 0 bridgehead atoms. The van der Waals surface area contributed by atoms with Gasteiger partial charge in [0.2, 0.25) is 0 Å². The van der Waals surface area contributed by atoms with Crippen molar-refractivity contribution in [3.05, 3.63) is 35.4 Å². The smallest absolute Gasteiger partial charge is 0.0223 e. The molecular weight excluding hydrogens is 204 g/mol. The van der Waals surface area contributed by atoms with Crippen LogP contribution in [0.4, 0.5) is 0 Å². The largest absolute Gasteiger partial charge is 0.127 e. The van der Waals surface area contributed by atoms with Gasteiger partial charge in [0, 0.05) is 5.88 Å². The van der Waals surface area contributed by atoms with Crippen LogP contribution in [0, 0.1) is 0 Å². The van der Waals surface area contributed by atoms with E-state index in [2.05, 4.69) is 45.0 Å². The van der Waals surface area contributed by atoms with E-state index in [1.807, 2.05) is 0 Å². The van der Waals surface area contributed by atoms with Crippen LogP contribution in [0.15, 0.2) is 24.3 Å². The second-order valence-electron chi connectivity index (χ2n) is 5.09. The number of halogens is 1. The van der Waals surface area contributed by atoms with E-state index in [0.29, 0.717) is 0 Å². The maximum atomic E-state index is 5.65. The summed E-state index contributed by atoms with van der Waals surface area (Å²) in [6, 6.07) is 8.98. The first-order valence-electron chi connectivity index (χ1n) is 5.69. The van der Waals surface area contributed by atoms with Gasteiger partial charge in [-0.05, 0) is 35.8 Å². The van der Waals surface area contributed by atoms with Crippen molar-refractivity contribution in [1.82, 2.24) is 0 Å². The second kappa shape index (κ2) is 5.55. The Morgan fingerprint density at radius 3 is 2.07 bits per heavy atom. The SMILES string of the molecule is CC(C)(C)c1ccc(CCCCCl)cc1. The molecule has 15 heavy (non-hydrogen) atoms. The lowest BCUT2D eigenvalue weighted by Gasteiger charge is -2.19. The first-order valence-corrected chi connectivity index (χ1v) is 6.23. The van der Waals surface area contributed by atoms with Crippen LogP contribution in [0.25, 0.3) is 0 Å². The highest BCUT2D eigenvalue weighted by Gasteiger charge is 2.12. The van der Waals surface area contributed by atoms with Crippen LogP contribution in [0.2, 0.25) is 0 Å². The molecule has 0 aliphatic heterocycles. The minimum absolute atomic E-state index is 0.259. The lowest BCUT2D eigenvalue weighted by Crippen LogP contribution is -2.10. The summed E-state index contributed by atoms with van der Waals surface area (Å²) in [6.45, 7) is 6.74. The van der Waals surface area contributed by atoms with Gasteiger partial charge in [0.25, 0.3) is 0 Å². The fourth-order valence-electron chi connectivity index (χ4n) is 1.60. The molecule has 0 fully saturated rings. The third kappa shape index (κ3) is 4.25. The van der Waals surface area contributed by atoms with Gasteiger partial charge in [-0.25, -0.2) is 0 Å². The molecule has 0 aromatic heterocycles. The van der Waals surface area contributed by atoms with E-state index in [4.69, 9.17) is 11.6 Å². The molecule has 0 heterocycles. The maximum Gasteiger partial charge on any atom is 0.0223 e. The molecule has 0 saturated carbocycles. The number of alkyl halides is 1. The fourth-order valence-corrected chi connectivity index (χ4v) is 1.78. The number of hydrogen-bond acceptors (Lipinski definition) is 0. The average Bonchev–Trinajstić information content (AvgIpc) is 2.18. The molecule has 1 heteroatoms. The van der Waals surface area contributed by atoms with Gasteiger partial charge in [-0.1, -0.05) is 45.0 Å². The molecular formula is C14H21Cl. The van der Waals surface area contributed by atoms with Crippen molar-refractivity contribution < 1.29 is 0 Å². The second-order valence-corrected chi connectivity index (χ2v) is 5.47. The summed E-state index contributed by atoms with van der Waals surface area (Å²) in [4.78, 5) is 0. The van der Waals surface area contributed by atoms with Crippen LogP contribution in [-0.2, 0) is 11.8 Å². The number of rotatable bonds is 4. The van der Waals surface area contributed by atoms with E-state index in [0.717, 1.165) is 18.7 Å². The Morgan fingerprint density at radius 2 is 1.60 bits per heavy atom. The first-order chi connectivity index (χ1) is 7.04. The molecule has 0 spiro atoms. The van der Waals surface area contributed by atoms with Crippen molar-refractivity contribution >= 4 is 11.6 Å². The third-order valence-corrected chi connectivity index (χ3v) is 2.94. The highest BCUT2D eigenvalue weighted by atomic mass is 35.5. The summed E-state index contributed by atoms with van der Waals surface area (Å²) in [5, 5.41) is 0. The predicted molar refractivity (Wildman–Crippen MR) is 68.8 cm³/mol. The van der Waals surface area contributed by atoms with Crippen LogP contribution in [0.3, 0.4) is 0 Å². The van der Waals surface area contributed by atoms with E-state index in [9.17, 15) is 0 Å². The Morgan fingerprint density at radius 1 is 1.00 bits per heavy atom. The van der Waals surface area contributed by atoms with E-state index >= 15 is 0 Å². The molecule has 0 aliphatic rings. The van der Waals surface area contributed by atoms with E-state index < -0.39 is 0 Å². The van der Waals surface area contributed by atoms with Gasteiger partial charge in [0.15, 0.2) is 0 Å². The number of unbranched alkanes of at least 4 members (excludes halogenated alkanes) is 1. The van der Waals surface area contributed by atoms with Crippen LogP contribution in [-0.4, -0.2) is 5.88 Å². The van der Waals surface area contributed by atoms with Crippen LogP contribution < -0.4 is 0 Å². The minimum Gasteiger partial charge on any atom is -0.127 e. The zero-order valence-electron chi connectivity index (χ0n) is 10.0. The summed E-state index contributed by atoms with van der Waals surface area (Å²) >= 11 is 5.65. The molecule has 0 nitrogen and oxygen atoms in total. The van der Waals surface area contributed by atoms with Gasteiger partial charge < -0.3 is 0 Å². The average molecular weight is 225 g/mol. The number of benzene rings is 1. The fraction of sp³-hybridized carbons (Fsp3) is 0.571. The predicted octanol–water partition coefficient (Wildman–Crippen LogP) is 4.55. The monoisotopic (exact) mass is 224 g/mol. The Kier molecular flexibility index (Phi) is 4.66. The van der Waals surface area contributed by atoms with Crippen LogP contribution in [0.5, 0.6) is 0 Å². The Balaban J connectivity index is 2.57. The van der Waals surface area contributed by atoms with Crippen molar-refractivity contribution in [3.8, 4) is 0 Å². The topological polar surface area (TPSA) is 0 Å². The lowest BCUT2D eigenvalue weighted by atomic mass is 9.86. The summed E-state index contributed by atoms with van der Waals surface area (Å²) in [5.41, 5.74) is 3.09. The van der Waals surface area contributed by atoms with Crippen molar-refractivity contribution in [2.75, 3.05) is 5.88 Å².